The molecule has 3 aromatic rings. The average Bonchev–Trinajstić information content (AvgIpc) is 3.30. The van der Waals surface area contributed by atoms with E-state index in [0.717, 1.165) is 25.7 Å². The van der Waals surface area contributed by atoms with E-state index in [0.29, 0.717) is 33.2 Å². The highest BCUT2D eigenvalue weighted by atomic mass is 32.2. The van der Waals surface area contributed by atoms with Gasteiger partial charge in [0.1, 0.15) is 11.5 Å². The van der Waals surface area contributed by atoms with Crippen LogP contribution in [-0.2, 0) is 4.79 Å². The Labute approximate surface area is 184 Å². The molecule has 0 saturated heterocycles. The van der Waals surface area contributed by atoms with Gasteiger partial charge in [0.25, 0.3) is 5.56 Å². The lowest BCUT2D eigenvalue weighted by Gasteiger charge is -2.17. The van der Waals surface area contributed by atoms with E-state index in [9.17, 15) is 9.59 Å². The number of hydrogen-bond donors (Lipinski definition) is 1. The molecule has 1 fully saturated rings. The third kappa shape index (κ3) is 4.54. The zero-order chi connectivity index (χ0) is 21.8. The summed E-state index contributed by atoms with van der Waals surface area (Å²) >= 11 is 1.24. The van der Waals surface area contributed by atoms with E-state index in [-0.39, 0.29) is 23.3 Å². The van der Waals surface area contributed by atoms with E-state index in [1.807, 2.05) is 6.07 Å². The number of methoxy groups -OCH3 is 2. The highest BCUT2D eigenvalue weighted by Crippen LogP contribution is 2.30. The van der Waals surface area contributed by atoms with Crippen molar-refractivity contribution in [2.75, 3.05) is 20.0 Å². The van der Waals surface area contributed by atoms with E-state index in [2.05, 4.69) is 5.32 Å². The minimum atomic E-state index is -0.226. The number of aromatic nitrogens is 2. The second kappa shape index (κ2) is 9.43. The lowest BCUT2D eigenvalue weighted by atomic mass is 10.2. The van der Waals surface area contributed by atoms with Crippen molar-refractivity contribution >= 4 is 28.6 Å². The van der Waals surface area contributed by atoms with Gasteiger partial charge >= 0.3 is 0 Å². The van der Waals surface area contributed by atoms with Crippen LogP contribution in [0.3, 0.4) is 0 Å². The fourth-order valence-electron chi connectivity index (χ4n) is 3.86. The second-order valence-corrected chi connectivity index (χ2v) is 8.37. The van der Waals surface area contributed by atoms with Gasteiger partial charge in [0.15, 0.2) is 5.16 Å². The molecule has 1 aliphatic carbocycles. The maximum atomic E-state index is 13.5. The monoisotopic (exact) mass is 439 g/mol. The molecule has 0 unspecified atom stereocenters. The maximum absolute atomic E-state index is 13.5. The number of nitrogens with one attached hydrogen (secondary N) is 1. The number of hydrogen-bond acceptors (Lipinski definition) is 6. The van der Waals surface area contributed by atoms with Crippen LogP contribution in [-0.4, -0.2) is 41.5 Å². The zero-order valence-electron chi connectivity index (χ0n) is 17.6. The Kier molecular flexibility index (Phi) is 6.46. The van der Waals surface area contributed by atoms with E-state index in [4.69, 9.17) is 14.5 Å². The molecule has 8 heteroatoms. The molecule has 0 aliphatic heterocycles. The van der Waals surface area contributed by atoms with Gasteiger partial charge in [0.05, 0.1) is 36.6 Å². The molecule has 31 heavy (non-hydrogen) atoms. The standard InChI is InChI=1S/C23H25N3O4S/c1-29-16-11-12-20(30-2)19(13-16)26-22(28)17-9-5-6-10-18(17)25-23(26)31-14-21(27)24-15-7-3-4-8-15/h5-6,9-13,15H,3-4,7-8,14H2,1-2H3,(H,24,27). The molecule has 1 aliphatic rings. The van der Waals surface area contributed by atoms with Crippen LogP contribution in [0, 0.1) is 0 Å². The number of fused-ring (bicyclic) bond motifs is 1. The van der Waals surface area contributed by atoms with Crippen molar-refractivity contribution in [2.24, 2.45) is 0 Å². The summed E-state index contributed by atoms with van der Waals surface area (Å²) in [5.41, 5.74) is 0.879. The molecule has 1 saturated carbocycles. The molecular weight excluding hydrogens is 414 g/mol. The third-order valence-corrected chi connectivity index (χ3v) is 6.36. The molecule has 0 radical (unpaired) electrons. The van der Waals surface area contributed by atoms with Crippen molar-refractivity contribution in [3.05, 3.63) is 52.8 Å². The summed E-state index contributed by atoms with van der Waals surface area (Å²) in [5, 5.41) is 4.00. The van der Waals surface area contributed by atoms with Crippen molar-refractivity contribution in [1.29, 1.82) is 0 Å². The van der Waals surface area contributed by atoms with E-state index in [1.54, 1.807) is 50.6 Å². The van der Waals surface area contributed by atoms with Gasteiger partial charge in [-0.25, -0.2) is 4.98 Å². The molecule has 1 amide bonds. The number of thioether (sulfide) groups is 1. The third-order valence-electron chi connectivity index (χ3n) is 5.42. The predicted octanol–water partition coefficient (Wildman–Crippen LogP) is 3.55. The lowest BCUT2D eigenvalue weighted by Crippen LogP contribution is -2.34. The Morgan fingerprint density at radius 1 is 1.16 bits per heavy atom. The number of carbonyl (C=O) groups excluding carboxylic acids is 1. The first-order valence-electron chi connectivity index (χ1n) is 10.3. The van der Waals surface area contributed by atoms with Crippen molar-refractivity contribution in [2.45, 2.75) is 36.9 Å². The first-order chi connectivity index (χ1) is 15.1. The molecular formula is C23H25N3O4S. The van der Waals surface area contributed by atoms with Crippen molar-refractivity contribution in [3.63, 3.8) is 0 Å². The first-order valence-corrected chi connectivity index (χ1v) is 11.3. The SMILES string of the molecule is COc1ccc(OC)c(-n2c(SCC(=O)NC3CCCC3)nc3ccccc3c2=O)c1. The maximum Gasteiger partial charge on any atom is 0.266 e. The average molecular weight is 440 g/mol. The summed E-state index contributed by atoms with van der Waals surface area (Å²) in [6, 6.07) is 12.7. The van der Waals surface area contributed by atoms with Crippen LogP contribution in [0.5, 0.6) is 11.5 Å². The van der Waals surface area contributed by atoms with Gasteiger partial charge in [-0.05, 0) is 37.1 Å². The Morgan fingerprint density at radius 3 is 2.68 bits per heavy atom. The van der Waals surface area contributed by atoms with Gasteiger partial charge in [0.2, 0.25) is 5.91 Å². The molecule has 1 aromatic heterocycles. The van der Waals surface area contributed by atoms with Crippen LogP contribution in [0.1, 0.15) is 25.7 Å². The van der Waals surface area contributed by atoms with E-state index < -0.39 is 0 Å². The van der Waals surface area contributed by atoms with Crippen molar-refractivity contribution in [1.82, 2.24) is 14.9 Å². The fourth-order valence-corrected chi connectivity index (χ4v) is 4.68. The summed E-state index contributed by atoms with van der Waals surface area (Å²) in [6.07, 6.45) is 4.35. The predicted molar refractivity (Wildman–Crippen MR) is 122 cm³/mol. The number of benzene rings is 2. The van der Waals surface area contributed by atoms with Crippen LogP contribution >= 0.6 is 11.8 Å². The smallest absolute Gasteiger partial charge is 0.266 e. The molecule has 1 heterocycles. The van der Waals surface area contributed by atoms with Gasteiger partial charge in [0, 0.05) is 12.1 Å². The molecule has 7 nitrogen and oxygen atoms in total. The minimum Gasteiger partial charge on any atom is -0.497 e. The summed E-state index contributed by atoms with van der Waals surface area (Å²) in [7, 11) is 3.11. The molecule has 0 bridgehead atoms. The van der Waals surface area contributed by atoms with Crippen LogP contribution in [0.2, 0.25) is 0 Å². The number of carbonyl (C=O) groups is 1. The first kappa shape index (κ1) is 21.2. The number of amides is 1. The summed E-state index contributed by atoms with van der Waals surface area (Å²) in [5.74, 6) is 1.22. The molecule has 162 valence electrons. The number of ether oxygens (including phenoxy) is 2. The van der Waals surface area contributed by atoms with E-state index in [1.165, 1.54) is 16.3 Å². The quantitative estimate of drug-likeness (QED) is 0.448. The Morgan fingerprint density at radius 2 is 1.94 bits per heavy atom. The Balaban J connectivity index is 1.75. The van der Waals surface area contributed by atoms with Gasteiger partial charge < -0.3 is 14.8 Å². The summed E-state index contributed by atoms with van der Waals surface area (Å²) in [6.45, 7) is 0. The Bertz CT molecular complexity index is 1160. The van der Waals surface area contributed by atoms with Gasteiger partial charge in [-0.3, -0.25) is 14.2 Å². The minimum absolute atomic E-state index is 0.0523. The van der Waals surface area contributed by atoms with Gasteiger partial charge in [-0.2, -0.15) is 0 Å². The highest BCUT2D eigenvalue weighted by Gasteiger charge is 2.20. The fraction of sp³-hybridized carbons (Fsp3) is 0.348. The number of nitrogens with zero attached hydrogens (tertiary/aromatic N) is 2. The van der Waals surface area contributed by atoms with Crippen LogP contribution in [0.4, 0.5) is 0 Å². The van der Waals surface area contributed by atoms with Crippen LogP contribution < -0.4 is 20.3 Å². The van der Waals surface area contributed by atoms with Crippen molar-refractivity contribution in [3.8, 4) is 17.2 Å². The summed E-state index contributed by atoms with van der Waals surface area (Å²) < 4.78 is 12.4. The number of para-hydroxylation sites is 1. The molecule has 4 rings (SSSR count). The topological polar surface area (TPSA) is 82.4 Å². The molecule has 2 aromatic carbocycles. The molecule has 1 N–H and O–H groups in total. The molecule has 0 atom stereocenters. The van der Waals surface area contributed by atoms with E-state index >= 15 is 0 Å². The van der Waals surface area contributed by atoms with Gasteiger partial charge in [-0.15, -0.1) is 0 Å². The van der Waals surface area contributed by atoms with Crippen LogP contribution in [0.15, 0.2) is 52.4 Å². The zero-order valence-corrected chi connectivity index (χ0v) is 18.4. The second-order valence-electron chi connectivity index (χ2n) is 7.43. The number of rotatable bonds is 7. The lowest BCUT2D eigenvalue weighted by molar-refractivity contribution is -0.119. The Hall–Kier alpha value is -3.00. The molecule has 0 spiro atoms. The van der Waals surface area contributed by atoms with Gasteiger partial charge in [-0.1, -0.05) is 36.7 Å². The largest absolute Gasteiger partial charge is 0.497 e. The van der Waals surface area contributed by atoms with Crippen molar-refractivity contribution < 1.29 is 14.3 Å². The van der Waals surface area contributed by atoms with Crippen LogP contribution in [0.25, 0.3) is 16.6 Å². The summed E-state index contributed by atoms with van der Waals surface area (Å²) in [4.78, 5) is 30.7. The highest BCUT2D eigenvalue weighted by molar-refractivity contribution is 7.99. The normalized spacial score (nSPS) is 14.0.